The van der Waals surface area contributed by atoms with Crippen molar-refractivity contribution in [2.75, 3.05) is 10.6 Å². The number of aryl methyl sites for hydroxylation is 4. The minimum Gasteiger partial charge on any atom is -0.339 e. The van der Waals surface area contributed by atoms with Crippen molar-refractivity contribution >= 4 is 28.9 Å². The van der Waals surface area contributed by atoms with E-state index in [1.165, 1.54) is 16.7 Å². The summed E-state index contributed by atoms with van der Waals surface area (Å²) >= 11 is 0. The van der Waals surface area contributed by atoms with Crippen molar-refractivity contribution in [2.24, 2.45) is 0 Å². The average molecular weight is 386 g/mol. The first-order chi connectivity index (χ1) is 14.0. The summed E-state index contributed by atoms with van der Waals surface area (Å²) in [5, 5.41) is 6.66. The van der Waals surface area contributed by atoms with Crippen LogP contribution in [0.1, 0.15) is 52.5 Å². The third-order valence-corrected chi connectivity index (χ3v) is 5.47. The average Bonchev–Trinajstić information content (AvgIpc) is 2.71. The Labute approximate surface area is 171 Å². The molecule has 4 rings (SSSR count). The largest absolute Gasteiger partial charge is 0.339 e. The van der Waals surface area contributed by atoms with E-state index < -0.39 is 0 Å². The van der Waals surface area contributed by atoms with Gasteiger partial charge in [0.15, 0.2) is 5.78 Å². The molecule has 148 valence electrons. The summed E-state index contributed by atoms with van der Waals surface area (Å²) in [5.74, 6) is 1.20. The van der Waals surface area contributed by atoms with Crippen LogP contribution < -0.4 is 10.6 Å². The SMILES string of the molecule is CCc1ccc(Nc2nc(Nc3ccc(C)c(C)c3)nc3c2C(=O)CCC3)cc1. The van der Waals surface area contributed by atoms with Crippen LogP contribution in [0, 0.1) is 13.8 Å². The number of aromatic nitrogens is 2. The molecule has 1 aliphatic rings. The van der Waals surface area contributed by atoms with Crippen LogP contribution in [0.4, 0.5) is 23.1 Å². The predicted molar refractivity (Wildman–Crippen MR) is 118 cm³/mol. The molecule has 0 amide bonds. The number of hydrogen-bond donors (Lipinski definition) is 2. The molecule has 0 bridgehead atoms. The summed E-state index contributed by atoms with van der Waals surface area (Å²) in [6.45, 7) is 6.30. The van der Waals surface area contributed by atoms with E-state index >= 15 is 0 Å². The van der Waals surface area contributed by atoms with Crippen molar-refractivity contribution in [1.82, 2.24) is 9.97 Å². The summed E-state index contributed by atoms with van der Waals surface area (Å²) in [4.78, 5) is 21.9. The third-order valence-electron chi connectivity index (χ3n) is 5.47. The van der Waals surface area contributed by atoms with Crippen molar-refractivity contribution in [2.45, 2.75) is 46.5 Å². The van der Waals surface area contributed by atoms with Gasteiger partial charge in [0.25, 0.3) is 0 Å². The second kappa shape index (κ2) is 8.03. The van der Waals surface area contributed by atoms with Crippen LogP contribution in [0.3, 0.4) is 0 Å². The molecule has 5 heteroatoms. The molecule has 0 atom stereocenters. The molecule has 2 N–H and O–H groups in total. The van der Waals surface area contributed by atoms with Gasteiger partial charge in [0, 0.05) is 17.8 Å². The van der Waals surface area contributed by atoms with Gasteiger partial charge in [-0.1, -0.05) is 25.1 Å². The zero-order valence-corrected chi connectivity index (χ0v) is 17.2. The molecule has 3 aromatic rings. The molecule has 0 aliphatic heterocycles. The highest BCUT2D eigenvalue weighted by Gasteiger charge is 2.24. The van der Waals surface area contributed by atoms with Gasteiger partial charge in [-0.15, -0.1) is 0 Å². The van der Waals surface area contributed by atoms with E-state index in [1.807, 2.05) is 18.2 Å². The lowest BCUT2D eigenvalue weighted by atomic mass is 9.95. The lowest BCUT2D eigenvalue weighted by Gasteiger charge is -2.19. The van der Waals surface area contributed by atoms with Gasteiger partial charge >= 0.3 is 0 Å². The first-order valence-electron chi connectivity index (χ1n) is 10.2. The number of fused-ring (bicyclic) bond motifs is 1. The van der Waals surface area contributed by atoms with Gasteiger partial charge < -0.3 is 10.6 Å². The normalized spacial score (nSPS) is 13.1. The van der Waals surface area contributed by atoms with E-state index in [2.05, 4.69) is 65.6 Å². The van der Waals surface area contributed by atoms with E-state index in [0.717, 1.165) is 36.3 Å². The predicted octanol–water partition coefficient (Wildman–Crippen LogP) is 5.66. The Balaban J connectivity index is 1.70. The lowest BCUT2D eigenvalue weighted by molar-refractivity contribution is 0.0972. The lowest BCUT2D eigenvalue weighted by Crippen LogP contribution is -2.17. The topological polar surface area (TPSA) is 66.9 Å². The number of carbonyl (C=O) groups excluding carboxylic acids is 1. The summed E-state index contributed by atoms with van der Waals surface area (Å²) in [7, 11) is 0. The standard InChI is InChI=1S/C24H26N4O/c1-4-17-9-12-18(13-10-17)25-23-22-20(6-5-7-21(22)29)27-24(28-23)26-19-11-8-15(2)16(3)14-19/h8-14H,4-7H2,1-3H3,(H2,25,26,27,28). The monoisotopic (exact) mass is 386 g/mol. The molecule has 29 heavy (non-hydrogen) atoms. The molecule has 0 unspecified atom stereocenters. The summed E-state index contributed by atoms with van der Waals surface area (Å²) in [6, 6.07) is 14.4. The number of ketones is 1. The first kappa shape index (κ1) is 19.1. The molecule has 0 saturated carbocycles. The summed E-state index contributed by atoms with van der Waals surface area (Å²) in [5.41, 5.74) is 7.01. The molecule has 0 saturated heterocycles. The van der Waals surface area contributed by atoms with Crippen LogP contribution in [0.25, 0.3) is 0 Å². The van der Waals surface area contributed by atoms with Crippen molar-refractivity contribution in [3.8, 4) is 0 Å². The van der Waals surface area contributed by atoms with E-state index in [0.29, 0.717) is 23.8 Å². The third kappa shape index (κ3) is 4.14. The maximum Gasteiger partial charge on any atom is 0.229 e. The van der Waals surface area contributed by atoms with Crippen molar-refractivity contribution < 1.29 is 4.79 Å². The molecule has 2 aromatic carbocycles. The first-order valence-corrected chi connectivity index (χ1v) is 10.2. The fraction of sp³-hybridized carbons (Fsp3) is 0.292. The Morgan fingerprint density at radius 3 is 2.38 bits per heavy atom. The fourth-order valence-electron chi connectivity index (χ4n) is 3.58. The van der Waals surface area contributed by atoms with Crippen LogP contribution in [0.5, 0.6) is 0 Å². The second-order valence-electron chi connectivity index (χ2n) is 7.59. The van der Waals surface area contributed by atoms with Crippen LogP contribution in [0.2, 0.25) is 0 Å². The number of hydrogen-bond acceptors (Lipinski definition) is 5. The Morgan fingerprint density at radius 2 is 1.66 bits per heavy atom. The maximum absolute atomic E-state index is 12.6. The fourth-order valence-corrected chi connectivity index (χ4v) is 3.58. The molecule has 1 aromatic heterocycles. The van der Waals surface area contributed by atoms with Crippen LogP contribution in [0.15, 0.2) is 42.5 Å². The smallest absolute Gasteiger partial charge is 0.229 e. The molecule has 1 heterocycles. The zero-order chi connectivity index (χ0) is 20.4. The number of carbonyl (C=O) groups is 1. The van der Waals surface area contributed by atoms with Crippen LogP contribution in [-0.2, 0) is 12.8 Å². The molecule has 1 aliphatic carbocycles. The Bertz CT molecular complexity index is 1060. The van der Waals surface area contributed by atoms with Gasteiger partial charge in [0.2, 0.25) is 5.95 Å². The minimum atomic E-state index is 0.108. The van der Waals surface area contributed by atoms with E-state index in [1.54, 1.807) is 0 Å². The van der Waals surface area contributed by atoms with Crippen molar-refractivity contribution in [1.29, 1.82) is 0 Å². The highest BCUT2D eigenvalue weighted by molar-refractivity contribution is 6.03. The van der Waals surface area contributed by atoms with Gasteiger partial charge in [-0.05, 0) is 74.1 Å². The number of rotatable bonds is 5. The van der Waals surface area contributed by atoms with Gasteiger partial charge in [-0.3, -0.25) is 4.79 Å². The number of nitrogens with one attached hydrogen (secondary N) is 2. The van der Waals surface area contributed by atoms with E-state index in [-0.39, 0.29) is 5.78 Å². The van der Waals surface area contributed by atoms with Gasteiger partial charge in [0.1, 0.15) is 5.82 Å². The number of anilines is 4. The Kier molecular flexibility index (Phi) is 5.30. The van der Waals surface area contributed by atoms with E-state index in [4.69, 9.17) is 0 Å². The summed E-state index contributed by atoms with van der Waals surface area (Å²) in [6.07, 6.45) is 3.15. The zero-order valence-electron chi connectivity index (χ0n) is 17.2. The number of nitrogens with zero attached hydrogens (tertiary/aromatic N) is 2. The second-order valence-corrected chi connectivity index (χ2v) is 7.59. The molecule has 0 spiro atoms. The summed E-state index contributed by atoms with van der Waals surface area (Å²) < 4.78 is 0. The van der Waals surface area contributed by atoms with Gasteiger partial charge in [-0.25, -0.2) is 4.98 Å². The van der Waals surface area contributed by atoms with Gasteiger partial charge in [-0.2, -0.15) is 4.98 Å². The highest BCUT2D eigenvalue weighted by Crippen LogP contribution is 2.30. The molecular weight excluding hydrogens is 360 g/mol. The number of benzene rings is 2. The van der Waals surface area contributed by atoms with Crippen molar-refractivity contribution in [3.63, 3.8) is 0 Å². The minimum absolute atomic E-state index is 0.108. The molecule has 5 nitrogen and oxygen atoms in total. The van der Waals surface area contributed by atoms with Crippen LogP contribution in [-0.4, -0.2) is 15.8 Å². The highest BCUT2D eigenvalue weighted by atomic mass is 16.1. The molecule has 0 radical (unpaired) electrons. The Morgan fingerprint density at radius 1 is 0.897 bits per heavy atom. The Hall–Kier alpha value is -3.21. The van der Waals surface area contributed by atoms with E-state index in [9.17, 15) is 4.79 Å². The number of Topliss-reactive ketones (excluding diaryl/α,β-unsaturated/α-hetero) is 1. The van der Waals surface area contributed by atoms with Crippen LogP contribution >= 0.6 is 0 Å². The van der Waals surface area contributed by atoms with Gasteiger partial charge in [0.05, 0.1) is 11.3 Å². The maximum atomic E-state index is 12.6. The molecule has 0 fully saturated rings. The molecular formula is C24H26N4O. The van der Waals surface area contributed by atoms with Crippen molar-refractivity contribution in [3.05, 3.63) is 70.4 Å². The quantitative estimate of drug-likeness (QED) is 0.592.